The molecule has 4 nitrogen and oxygen atoms in total. The molecule has 0 aliphatic heterocycles. The molecule has 2 aromatic carbocycles. The van der Waals surface area contributed by atoms with Crippen LogP contribution in [0, 0.1) is 5.92 Å². The summed E-state index contributed by atoms with van der Waals surface area (Å²) in [5.74, 6) is 1.50. The fraction of sp³-hybridized carbons (Fsp3) is 0.542. The molecule has 28 heavy (non-hydrogen) atoms. The predicted octanol–water partition coefficient (Wildman–Crippen LogP) is 5.94. The van der Waals surface area contributed by atoms with Gasteiger partial charge >= 0.3 is 0 Å². The van der Waals surface area contributed by atoms with Crippen molar-refractivity contribution in [2.75, 3.05) is 18.5 Å². The second-order valence-corrected chi connectivity index (χ2v) is 7.98. The van der Waals surface area contributed by atoms with Gasteiger partial charge in [-0.1, -0.05) is 45.0 Å². The van der Waals surface area contributed by atoms with Crippen LogP contribution in [0.3, 0.4) is 0 Å². The van der Waals surface area contributed by atoms with Gasteiger partial charge in [0.2, 0.25) is 0 Å². The number of ether oxygens (including phenoxy) is 2. The van der Waals surface area contributed by atoms with Crippen molar-refractivity contribution < 1.29 is 14.3 Å². The number of carbonyl (C=O) groups is 1. The van der Waals surface area contributed by atoms with Gasteiger partial charge in [-0.2, -0.15) is 0 Å². The topological polar surface area (TPSA) is 47.6 Å². The number of fused-ring (bicyclic) bond motifs is 1. The van der Waals surface area contributed by atoms with Crippen LogP contribution in [0.15, 0.2) is 36.4 Å². The summed E-state index contributed by atoms with van der Waals surface area (Å²) >= 11 is 0. The van der Waals surface area contributed by atoms with Gasteiger partial charge in [-0.3, -0.25) is 4.79 Å². The third-order valence-corrected chi connectivity index (χ3v) is 5.67. The molecule has 0 heterocycles. The van der Waals surface area contributed by atoms with Crippen molar-refractivity contribution in [2.45, 2.75) is 64.9 Å². The van der Waals surface area contributed by atoms with Gasteiger partial charge in [0.15, 0.2) is 0 Å². The first-order chi connectivity index (χ1) is 13.6. The van der Waals surface area contributed by atoms with E-state index in [0.717, 1.165) is 60.7 Å². The number of rotatable bonds is 8. The minimum absolute atomic E-state index is 0.0137. The normalized spacial score (nSPS) is 22.2. The maximum Gasteiger partial charge on any atom is 0.256 e. The molecule has 152 valence electrons. The highest BCUT2D eigenvalue weighted by Crippen LogP contribution is 2.37. The zero-order chi connectivity index (χ0) is 20.0. The Labute approximate surface area is 168 Å². The molecule has 1 aliphatic carbocycles. The molecule has 0 spiro atoms. The molecule has 3 rings (SSSR count). The molecule has 0 atom stereocenters. The quantitative estimate of drug-likeness (QED) is 0.613. The summed E-state index contributed by atoms with van der Waals surface area (Å²) in [6.07, 6.45) is 5.51. The number of carbonyl (C=O) groups excluding carboxylic acids is 1. The molecule has 0 saturated heterocycles. The third-order valence-electron chi connectivity index (χ3n) is 5.67. The first-order valence-corrected chi connectivity index (χ1v) is 10.7. The number of amides is 1. The van der Waals surface area contributed by atoms with Crippen molar-refractivity contribution in [3.63, 3.8) is 0 Å². The average molecular weight is 384 g/mol. The van der Waals surface area contributed by atoms with Crippen LogP contribution < -0.4 is 10.1 Å². The highest BCUT2D eigenvalue weighted by atomic mass is 16.5. The summed E-state index contributed by atoms with van der Waals surface area (Å²) in [6.45, 7) is 7.73. The standard InChI is InChI=1S/C24H33NO3/c1-4-16-27-22-11-10-21(19-8-6-7-9-20(19)22)25-23(26)24(28-17-5-2)14-12-18(3)13-15-24/h6-11,18H,4-5,12-17H2,1-3H3,(H,25,26). The number of benzene rings is 2. The second kappa shape index (κ2) is 9.42. The molecule has 0 unspecified atom stereocenters. The molecular formula is C24H33NO3. The van der Waals surface area contributed by atoms with E-state index in [0.29, 0.717) is 19.1 Å². The van der Waals surface area contributed by atoms with Gasteiger partial charge in [-0.25, -0.2) is 0 Å². The molecule has 1 amide bonds. The van der Waals surface area contributed by atoms with Crippen molar-refractivity contribution in [1.82, 2.24) is 0 Å². The largest absolute Gasteiger partial charge is 0.493 e. The summed E-state index contributed by atoms with van der Waals surface area (Å²) in [5, 5.41) is 5.21. The maximum atomic E-state index is 13.3. The molecule has 4 heteroatoms. The maximum absolute atomic E-state index is 13.3. The Hall–Kier alpha value is -2.07. The van der Waals surface area contributed by atoms with Crippen LogP contribution >= 0.6 is 0 Å². The highest BCUT2D eigenvalue weighted by Gasteiger charge is 2.42. The fourth-order valence-electron chi connectivity index (χ4n) is 3.92. The van der Waals surface area contributed by atoms with Crippen LogP contribution in [0.5, 0.6) is 5.75 Å². The van der Waals surface area contributed by atoms with Crippen molar-refractivity contribution in [1.29, 1.82) is 0 Å². The smallest absolute Gasteiger partial charge is 0.256 e. The average Bonchev–Trinajstić information content (AvgIpc) is 2.73. The number of nitrogens with one attached hydrogen (secondary N) is 1. The summed E-state index contributed by atoms with van der Waals surface area (Å²) in [7, 11) is 0. The lowest BCUT2D eigenvalue weighted by Crippen LogP contribution is -2.48. The van der Waals surface area contributed by atoms with Gasteiger partial charge in [0.1, 0.15) is 11.4 Å². The van der Waals surface area contributed by atoms with Gasteiger partial charge in [-0.15, -0.1) is 0 Å². The Bertz CT molecular complexity index is 788. The van der Waals surface area contributed by atoms with Gasteiger partial charge < -0.3 is 14.8 Å². The Morgan fingerprint density at radius 1 is 1.04 bits per heavy atom. The van der Waals surface area contributed by atoms with E-state index in [1.54, 1.807) is 0 Å². The van der Waals surface area contributed by atoms with Gasteiger partial charge in [0, 0.05) is 23.1 Å². The molecular weight excluding hydrogens is 350 g/mol. The van der Waals surface area contributed by atoms with E-state index >= 15 is 0 Å². The van der Waals surface area contributed by atoms with E-state index in [1.807, 2.05) is 36.4 Å². The predicted molar refractivity (Wildman–Crippen MR) is 115 cm³/mol. The molecule has 1 saturated carbocycles. The van der Waals surface area contributed by atoms with Gasteiger partial charge in [-0.05, 0) is 56.6 Å². The van der Waals surface area contributed by atoms with Crippen LogP contribution in [0.1, 0.15) is 59.3 Å². The minimum atomic E-state index is -0.707. The van der Waals surface area contributed by atoms with E-state index in [2.05, 4.69) is 26.1 Å². The van der Waals surface area contributed by atoms with E-state index in [9.17, 15) is 4.79 Å². The molecule has 0 bridgehead atoms. The molecule has 1 aliphatic rings. The van der Waals surface area contributed by atoms with Crippen LogP contribution in [0.4, 0.5) is 5.69 Å². The SMILES string of the molecule is CCCOc1ccc(NC(=O)C2(OCCC)CCC(C)CC2)c2ccccc12. The summed E-state index contributed by atoms with van der Waals surface area (Å²) in [4.78, 5) is 13.3. The van der Waals surface area contributed by atoms with Gasteiger partial charge in [0.25, 0.3) is 5.91 Å². The molecule has 0 aromatic heterocycles. The highest BCUT2D eigenvalue weighted by molar-refractivity contribution is 6.06. The lowest BCUT2D eigenvalue weighted by molar-refractivity contribution is -0.147. The summed E-state index contributed by atoms with van der Waals surface area (Å²) in [5.41, 5.74) is 0.114. The van der Waals surface area contributed by atoms with Crippen molar-refractivity contribution >= 4 is 22.4 Å². The third kappa shape index (κ3) is 4.49. The Kier molecular flexibility index (Phi) is 6.95. The van der Waals surface area contributed by atoms with E-state index < -0.39 is 5.60 Å². The zero-order valence-electron chi connectivity index (χ0n) is 17.4. The monoisotopic (exact) mass is 383 g/mol. The zero-order valence-corrected chi connectivity index (χ0v) is 17.4. The molecule has 1 N–H and O–H groups in total. The van der Waals surface area contributed by atoms with Crippen molar-refractivity contribution in [3.05, 3.63) is 36.4 Å². The number of hydrogen-bond donors (Lipinski definition) is 1. The molecule has 1 fully saturated rings. The van der Waals surface area contributed by atoms with Crippen LogP contribution in [-0.2, 0) is 9.53 Å². The van der Waals surface area contributed by atoms with E-state index in [-0.39, 0.29) is 5.91 Å². The molecule has 0 radical (unpaired) electrons. The first kappa shape index (κ1) is 20.7. The second-order valence-electron chi connectivity index (χ2n) is 7.98. The number of hydrogen-bond acceptors (Lipinski definition) is 3. The Morgan fingerprint density at radius 3 is 2.39 bits per heavy atom. The van der Waals surface area contributed by atoms with Crippen molar-refractivity contribution in [3.8, 4) is 5.75 Å². The Balaban J connectivity index is 1.87. The Morgan fingerprint density at radius 2 is 1.71 bits per heavy atom. The van der Waals surface area contributed by atoms with E-state index in [4.69, 9.17) is 9.47 Å². The first-order valence-electron chi connectivity index (χ1n) is 10.7. The van der Waals surface area contributed by atoms with Gasteiger partial charge in [0.05, 0.1) is 6.61 Å². The summed E-state index contributed by atoms with van der Waals surface area (Å²) < 4.78 is 12.0. The lowest BCUT2D eigenvalue weighted by atomic mass is 9.78. The molecule has 2 aromatic rings. The summed E-state index contributed by atoms with van der Waals surface area (Å²) in [6, 6.07) is 12.0. The van der Waals surface area contributed by atoms with Crippen LogP contribution in [0.2, 0.25) is 0 Å². The van der Waals surface area contributed by atoms with E-state index in [1.165, 1.54) is 0 Å². The van der Waals surface area contributed by atoms with Crippen LogP contribution in [-0.4, -0.2) is 24.7 Å². The van der Waals surface area contributed by atoms with Crippen LogP contribution in [0.25, 0.3) is 10.8 Å². The number of anilines is 1. The minimum Gasteiger partial charge on any atom is -0.493 e. The fourth-order valence-corrected chi connectivity index (χ4v) is 3.92. The van der Waals surface area contributed by atoms with Crippen molar-refractivity contribution in [2.24, 2.45) is 5.92 Å². The lowest BCUT2D eigenvalue weighted by Gasteiger charge is -2.38.